The summed E-state index contributed by atoms with van der Waals surface area (Å²) < 4.78 is 0. The third-order valence-corrected chi connectivity index (χ3v) is 6.82. The molecule has 1 heterocycles. The highest BCUT2D eigenvalue weighted by molar-refractivity contribution is 7.14. The highest BCUT2D eigenvalue weighted by Gasteiger charge is 2.55. The molecule has 1 saturated carbocycles. The maximum absolute atomic E-state index is 11.3. The van der Waals surface area contributed by atoms with Gasteiger partial charge in [0.1, 0.15) is 6.23 Å². The molecular weight excluding hydrogens is 388 g/mol. The van der Waals surface area contributed by atoms with E-state index < -0.39 is 6.23 Å². The van der Waals surface area contributed by atoms with Crippen molar-refractivity contribution in [1.29, 1.82) is 0 Å². The maximum atomic E-state index is 11.3. The summed E-state index contributed by atoms with van der Waals surface area (Å²) in [5.74, 6) is 0.135. The average molecular weight is 413 g/mol. The number of hydrogen-bond acceptors (Lipinski definition) is 4. The minimum Gasteiger partial charge on any atom is -0.373 e. The normalized spacial score (nSPS) is 15.7. The Balaban J connectivity index is 1.43. The van der Waals surface area contributed by atoms with Crippen LogP contribution in [0.4, 0.5) is 5.13 Å². The van der Waals surface area contributed by atoms with Crippen LogP contribution in [-0.2, 0) is 0 Å². The second-order valence-electron chi connectivity index (χ2n) is 7.94. The van der Waals surface area contributed by atoms with Crippen LogP contribution in [0.2, 0.25) is 0 Å². The van der Waals surface area contributed by atoms with Crippen molar-refractivity contribution in [1.82, 2.24) is 4.98 Å². The van der Waals surface area contributed by atoms with Gasteiger partial charge >= 0.3 is 0 Å². The van der Waals surface area contributed by atoms with Gasteiger partial charge in [-0.1, -0.05) is 91.0 Å². The first-order valence-corrected chi connectivity index (χ1v) is 11.2. The van der Waals surface area contributed by atoms with E-state index in [4.69, 9.17) is 4.98 Å². The number of hydrogen-bond donors (Lipinski definition) is 2. The molecule has 3 aromatic carbocycles. The molecule has 1 aliphatic carbocycles. The largest absolute Gasteiger partial charge is 0.373 e. The van der Waals surface area contributed by atoms with E-state index in [1.165, 1.54) is 22.5 Å². The van der Waals surface area contributed by atoms with Crippen molar-refractivity contribution in [2.45, 2.75) is 25.0 Å². The van der Waals surface area contributed by atoms with Crippen LogP contribution < -0.4 is 5.32 Å². The Hall–Kier alpha value is -2.95. The fourth-order valence-corrected chi connectivity index (χ4v) is 5.10. The smallest absolute Gasteiger partial charge is 0.185 e. The SMILES string of the molecule is OC(Nc1nc(-c2ccccc2)cs1)C1(C(c2ccccc2)c2ccccc2)CC1. The second kappa shape index (κ2) is 8.05. The van der Waals surface area contributed by atoms with Crippen molar-refractivity contribution >= 4 is 16.5 Å². The maximum Gasteiger partial charge on any atom is 0.185 e. The standard InChI is InChI=1S/C26H24N2OS/c29-24(28-25-27-22(18-30-25)19-10-4-1-5-11-19)26(16-17-26)23(20-12-6-2-7-13-20)21-14-8-3-9-15-21/h1-15,18,23-24,29H,16-17H2,(H,27,28). The summed E-state index contributed by atoms with van der Waals surface area (Å²) in [4.78, 5) is 4.71. The topological polar surface area (TPSA) is 45.1 Å². The third kappa shape index (κ3) is 3.64. The third-order valence-electron chi connectivity index (χ3n) is 6.05. The average Bonchev–Trinajstić information content (AvgIpc) is 3.47. The monoisotopic (exact) mass is 412 g/mol. The molecular formula is C26H24N2OS. The van der Waals surface area contributed by atoms with Crippen LogP contribution in [0, 0.1) is 5.41 Å². The molecule has 0 bridgehead atoms. The molecule has 1 unspecified atom stereocenters. The summed E-state index contributed by atoms with van der Waals surface area (Å²) in [5.41, 5.74) is 4.27. The Bertz CT molecular complexity index is 1050. The summed E-state index contributed by atoms with van der Waals surface area (Å²) in [6.07, 6.45) is 1.29. The van der Waals surface area contributed by atoms with E-state index in [0.29, 0.717) is 0 Å². The van der Waals surface area contributed by atoms with Gasteiger partial charge in [-0.15, -0.1) is 11.3 Å². The molecule has 0 aliphatic heterocycles. The summed E-state index contributed by atoms with van der Waals surface area (Å²) in [6.45, 7) is 0. The zero-order chi connectivity index (χ0) is 20.4. The van der Waals surface area contributed by atoms with Gasteiger partial charge in [0.15, 0.2) is 5.13 Å². The molecule has 4 aromatic rings. The molecule has 0 radical (unpaired) electrons. The van der Waals surface area contributed by atoms with E-state index in [-0.39, 0.29) is 11.3 Å². The molecule has 150 valence electrons. The lowest BCUT2D eigenvalue weighted by atomic mass is 9.77. The predicted molar refractivity (Wildman–Crippen MR) is 124 cm³/mol. The molecule has 1 aromatic heterocycles. The van der Waals surface area contributed by atoms with Crippen molar-refractivity contribution in [3.05, 3.63) is 108 Å². The van der Waals surface area contributed by atoms with Crippen molar-refractivity contribution in [3.8, 4) is 11.3 Å². The summed E-state index contributed by atoms with van der Waals surface area (Å²) >= 11 is 1.54. The van der Waals surface area contributed by atoms with E-state index in [0.717, 1.165) is 29.2 Å². The summed E-state index contributed by atoms with van der Waals surface area (Å²) in [7, 11) is 0. The minimum absolute atomic E-state index is 0.135. The first kappa shape index (κ1) is 19.0. The Labute approximate surface area is 181 Å². The Morgan fingerprint density at radius 1 is 0.800 bits per heavy atom. The molecule has 3 nitrogen and oxygen atoms in total. The molecule has 0 saturated heterocycles. The van der Waals surface area contributed by atoms with Crippen molar-refractivity contribution in [3.63, 3.8) is 0 Å². The van der Waals surface area contributed by atoms with Gasteiger partial charge in [-0.2, -0.15) is 0 Å². The fourth-order valence-electron chi connectivity index (χ4n) is 4.35. The van der Waals surface area contributed by atoms with Crippen LogP contribution >= 0.6 is 11.3 Å². The van der Waals surface area contributed by atoms with Gasteiger partial charge in [-0.3, -0.25) is 0 Å². The molecule has 5 rings (SSSR count). The lowest BCUT2D eigenvalue weighted by molar-refractivity contribution is 0.108. The zero-order valence-corrected chi connectivity index (χ0v) is 17.4. The molecule has 1 fully saturated rings. The number of aliphatic hydroxyl groups excluding tert-OH is 1. The van der Waals surface area contributed by atoms with Crippen LogP contribution in [0.25, 0.3) is 11.3 Å². The molecule has 2 N–H and O–H groups in total. The van der Waals surface area contributed by atoms with Gasteiger partial charge in [0.25, 0.3) is 0 Å². The Morgan fingerprint density at radius 3 is 1.87 bits per heavy atom. The van der Waals surface area contributed by atoms with Crippen LogP contribution in [0.3, 0.4) is 0 Å². The van der Waals surface area contributed by atoms with E-state index >= 15 is 0 Å². The van der Waals surface area contributed by atoms with E-state index in [1.807, 2.05) is 35.7 Å². The lowest BCUT2D eigenvalue weighted by Crippen LogP contribution is -2.35. The number of aromatic nitrogens is 1. The van der Waals surface area contributed by atoms with Gasteiger partial charge in [-0.25, -0.2) is 4.98 Å². The highest BCUT2D eigenvalue weighted by atomic mass is 32.1. The second-order valence-corrected chi connectivity index (χ2v) is 8.80. The number of thiazole rings is 1. The number of benzene rings is 3. The van der Waals surface area contributed by atoms with E-state index in [2.05, 4.69) is 66.0 Å². The Morgan fingerprint density at radius 2 is 1.33 bits per heavy atom. The molecule has 0 spiro atoms. The van der Waals surface area contributed by atoms with Gasteiger partial charge < -0.3 is 10.4 Å². The van der Waals surface area contributed by atoms with Gasteiger partial charge in [-0.05, 0) is 24.0 Å². The number of nitrogens with one attached hydrogen (secondary N) is 1. The van der Waals surface area contributed by atoms with Crippen LogP contribution in [-0.4, -0.2) is 16.3 Å². The summed E-state index contributed by atoms with van der Waals surface area (Å²) in [5, 5.41) is 17.4. The predicted octanol–water partition coefficient (Wildman–Crippen LogP) is 6.15. The lowest BCUT2D eigenvalue weighted by Gasteiger charge is -2.32. The van der Waals surface area contributed by atoms with Gasteiger partial charge in [0.05, 0.1) is 5.69 Å². The van der Waals surface area contributed by atoms with Gasteiger partial charge in [0.2, 0.25) is 0 Å². The van der Waals surface area contributed by atoms with Crippen molar-refractivity contribution in [2.24, 2.45) is 5.41 Å². The molecule has 1 atom stereocenters. The Kier molecular flexibility index (Phi) is 5.11. The number of anilines is 1. The number of rotatable bonds is 7. The quantitative estimate of drug-likeness (QED) is 0.358. The van der Waals surface area contributed by atoms with Crippen molar-refractivity contribution in [2.75, 3.05) is 5.32 Å². The number of nitrogens with zero attached hydrogens (tertiary/aromatic N) is 1. The molecule has 1 aliphatic rings. The fraction of sp³-hybridized carbons (Fsp3) is 0.192. The highest BCUT2D eigenvalue weighted by Crippen LogP contribution is 2.60. The molecule has 4 heteroatoms. The molecule has 0 amide bonds. The number of aliphatic hydroxyl groups is 1. The first-order chi connectivity index (χ1) is 14.8. The van der Waals surface area contributed by atoms with Crippen LogP contribution in [0.15, 0.2) is 96.4 Å². The summed E-state index contributed by atoms with van der Waals surface area (Å²) in [6, 6.07) is 31.2. The molecule has 30 heavy (non-hydrogen) atoms. The van der Waals surface area contributed by atoms with Gasteiger partial charge in [0, 0.05) is 22.3 Å². The van der Waals surface area contributed by atoms with E-state index in [9.17, 15) is 5.11 Å². The van der Waals surface area contributed by atoms with E-state index in [1.54, 1.807) is 0 Å². The first-order valence-electron chi connectivity index (χ1n) is 10.3. The van der Waals surface area contributed by atoms with Crippen LogP contribution in [0.1, 0.15) is 29.9 Å². The minimum atomic E-state index is -0.669. The van der Waals surface area contributed by atoms with Crippen LogP contribution in [0.5, 0.6) is 0 Å². The zero-order valence-electron chi connectivity index (χ0n) is 16.6. The van der Waals surface area contributed by atoms with Crippen molar-refractivity contribution < 1.29 is 5.11 Å².